The van der Waals surface area contributed by atoms with Gasteiger partial charge in [0, 0.05) is 20.0 Å². The summed E-state index contributed by atoms with van der Waals surface area (Å²) < 4.78 is 0. The first-order valence-corrected chi connectivity index (χ1v) is 10.5. The molecule has 0 radical (unpaired) electrons. The number of rotatable bonds is 17. The third kappa shape index (κ3) is 16.1. The van der Waals surface area contributed by atoms with Gasteiger partial charge in [0.05, 0.1) is 0 Å². The number of carbonyl (C=O) groups excluding carboxylic acids is 1. The summed E-state index contributed by atoms with van der Waals surface area (Å²) in [6.07, 6.45) is 20.7. The highest BCUT2D eigenvalue weighted by Gasteiger charge is 2.06. The third-order valence-corrected chi connectivity index (χ3v) is 4.77. The topological polar surface area (TPSA) is 20.3 Å². The second kappa shape index (κ2) is 17.8. The SMILES string of the molecule is CCCCCCCCCCCCCCCC(=O)N(C)CCCC. The lowest BCUT2D eigenvalue weighted by Crippen LogP contribution is -2.27. The summed E-state index contributed by atoms with van der Waals surface area (Å²) in [4.78, 5) is 13.8. The monoisotopic (exact) mass is 325 g/mol. The van der Waals surface area contributed by atoms with Crippen molar-refractivity contribution in [2.75, 3.05) is 13.6 Å². The molecule has 0 atom stereocenters. The van der Waals surface area contributed by atoms with Crippen LogP contribution in [0.3, 0.4) is 0 Å². The van der Waals surface area contributed by atoms with Crippen LogP contribution in [0.1, 0.15) is 117 Å². The molecule has 0 saturated heterocycles. The second-order valence-electron chi connectivity index (χ2n) is 7.16. The molecule has 0 spiro atoms. The zero-order chi connectivity index (χ0) is 17.2. The van der Waals surface area contributed by atoms with Crippen LogP contribution >= 0.6 is 0 Å². The van der Waals surface area contributed by atoms with Gasteiger partial charge in [-0.05, 0) is 12.8 Å². The molecule has 2 heteroatoms. The Bertz CT molecular complexity index is 252. The molecule has 0 unspecified atom stereocenters. The van der Waals surface area contributed by atoms with Crippen molar-refractivity contribution >= 4 is 5.91 Å². The van der Waals surface area contributed by atoms with Crippen LogP contribution in [0.2, 0.25) is 0 Å². The van der Waals surface area contributed by atoms with Crippen molar-refractivity contribution in [3.63, 3.8) is 0 Å². The van der Waals surface area contributed by atoms with Crippen LogP contribution in [-0.4, -0.2) is 24.4 Å². The molecule has 23 heavy (non-hydrogen) atoms. The number of carbonyl (C=O) groups is 1. The first-order valence-electron chi connectivity index (χ1n) is 10.5. The first kappa shape index (κ1) is 22.5. The van der Waals surface area contributed by atoms with Gasteiger partial charge in [-0.3, -0.25) is 4.79 Å². The Balaban J connectivity index is 3.19. The van der Waals surface area contributed by atoms with E-state index < -0.39 is 0 Å². The molecule has 0 rings (SSSR count). The Hall–Kier alpha value is -0.530. The zero-order valence-corrected chi connectivity index (χ0v) is 16.4. The van der Waals surface area contributed by atoms with Crippen molar-refractivity contribution in [1.82, 2.24) is 4.90 Å². The average molecular weight is 326 g/mol. The van der Waals surface area contributed by atoms with Gasteiger partial charge in [0.25, 0.3) is 0 Å². The lowest BCUT2D eigenvalue weighted by molar-refractivity contribution is -0.130. The van der Waals surface area contributed by atoms with Gasteiger partial charge in [0.2, 0.25) is 5.91 Å². The molecule has 2 nitrogen and oxygen atoms in total. The summed E-state index contributed by atoms with van der Waals surface area (Å²) in [5.74, 6) is 0.335. The highest BCUT2D eigenvalue weighted by atomic mass is 16.2. The molecular formula is C21H43NO. The van der Waals surface area contributed by atoms with Gasteiger partial charge >= 0.3 is 0 Å². The molecule has 0 aliphatic heterocycles. The van der Waals surface area contributed by atoms with Gasteiger partial charge in [0.15, 0.2) is 0 Å². The molecule has 0 saturated carbocycles. The summed E-state index contributed by atoms with van der Waals surface area (Å²) in [7, 11) is 1.94. The van der Waals surface area contributed by atoms with E-state index in [0.717, 1.165) is 32.2 Å². The third-order valence-electron chi connectivity index (χ3n) is 4.77. The minimum Gasteiger partial charge on any atom is -0.346 e. The number of amides is 1. The van der Waals surface area contributed by atoms with Crippen molar-refractivity contribution in [2.45, 2.75) is 117 Å². The van der Waals surface area contributed by atoms with Gasteiger partial charge in [0.1, 0.15) is 0 Å². The summed E-state index contributed by atoms with van der Waals surface area (Å²) >= 11 is 0. The molecule has 0 aromatic carbocycles. The molecule has 0 aromatic rings. The lowest BCUT2D eigenvalue weighted by atomic mass is 10.0. The van der Waals surface area contributed by atoms with E-state index in [2.05, 4.69) is 13.8 Å². The minimum atomic E-state index is 0.335. The average Bonchev–Trinajstić information content (AvgIpc) is 2.56. The van der Waals surface area contributed by atoms with Crippen LogP contribution in [-0.2, 0) is 4.79 Å². The van der Waals surface area contributed by atoms with E-state index in [4.69, 9.17) is 0 Å². The fraction of sp³-hybridized carbons (Fsp3) is 0.952. The van der Waals surface area contributed by atoms with Crippen molar-refractivity contribution in [1.29, 1.82) is 0 Å². The summed E-state index contributed by atoms with van der Waals surface area (Å²) in [6.45, 7) is 5.37. The van der Waals surface area contributed by atoms with Gasteiger partial charge < -0.3 is 4.90 Å². The molecule has 0 aliphatic carbocycles. The summed E-state index contributed by atoms with van der Waals surface area (Å²) in [6, 6.07) is 0. The quantitative estimate of drug-likeness (QED) is 0.272. The largest absolute Gasteiger partial charge is 0.346 e. The molecule has 0 bridgehead atoms. The maximum atomic E-state index is 11.9. The van der Waals surface area contributed by atoms with Crippen LogP contribution in [0.15, 0.2) is 0 Å². The van der Waals surface area contributed by atoms with E-state index in [1.165, 1.54) is 77.0 Å². The van der Waals surface area contributed by atoms with Crippen molar-refractivity contribution < 1.29 is 4.79 Å². The zero-order valence-electron chi connectivity index (χ0n) is 16.4. The van der Waals surface area contributed by atoms with Crippen LogP contribution in [0.25, 0.3) is 0 Å². The smallest absolute Gasteiger partial charge is 0.222 e. The molecule has 0 aromatic heterocycles. The van der Waals surface area contributed by atoms with E-state index in [-0.39, 0.29) is 0 Å². The Morgan fingerprint density at radius 1 is 0.609 bits per heavy atom. The van der Waals surface area contributed by atoms with Gasteiger partial charge in [-0.15, -0.1) is 0 Å². The summed E-state index contributed by atoms with van der Waals surface area (Å²) in [5.41, 5.74) is 0. The Kier molecular flexibility index (Phi) is 17.4. The van der Waals surface area contributed by atoms with Crippen LogP contribution in [0, 0.1) is 0 Å². The van der Waals surface area contributed by atoms with E-state index in [1.54, 1.807) is 0 Å². The van der Waals surface area contributed by atoms with Crippen molar-refractivity contribution in [3.8, 4) is 0 Å². The number of hydrogen-bond donors (Lipinski definition) is 0. The van der Waals surface area contributed by atoms with E-state index >= 15 is 0 Å². The van der Waals surface area contributed by atoms with Crippen molar-refractivity contribution in [2.24, 2.45) is 0 Å². The molecule has 0 heterocycles. The number of unbranched alkanes of at least 4 members (excludes halogenated alkanes) is 13. The van der Waals surface area contributed by atoms with Gasteiger partial charge in [-0.1, -0.05) is 97.3 Å². The second-order valence-corrected chi connectivity index (χ2v) is 7.16. The minimum absolute atomic E-state index is 0.335. The van der Waals surface area contributed by atoms with Gasteiger partial charge in [-0.25, -0.2) is 0 Å². The van der Waals surface area contributed by atoms with E-state index in [0.29, 0.717) is 5.91 Å². The highest BCUT2D eigenvalue weighted by molar-refractivity contribution is 5.75. The Labute approximate surface area is 146 Å². The van der Waals surface area contributed by atoms with Crippen LogP contribution < -0.4 is 0 Å². The number of nitrogens with zero attached hydrogens (tertiary/aromatic N) is 1. The molecule has 0 fully saturated rings. The van der Waals surface area contributed by atoms with Crippen LogP contribution in [0.4, 0.5) is 0 Å². The van der Waals surface area contributed by atoms with E-state index in [1.807, 2.05) is 11.9 Å². The molecular weight excluding hydrogens is 282 g/mol. The Morgan fingerprint density at radius 2 is 1.00 bits per heavy atom. The Morgan fingerprint density at radius 3 is 1.43 bits per heavy atom. The van der Waals surface area contributed by atoms with E-state index in [9.17, 15) is 4.79 Å². The molecule has 0 aliphatic rings. The first-order chi connectivity index (χ1) is 11.2. The summed E-state index contributed by atoms with van der Waals surface area (Å²) in [5, 5.41) is 0. The maximum Gasteiger partial charge on any atom is 0.222 e. The normalized spacial score (nSPS) is 10.9. The maximum absolute atomic E-state index is 11.9. The fourth-order valence-corrected chi connectivity index (χ4v) is 3.00. The molecule has 1 amide bonds. The lowest BCUT2D eigenvalue weighted by Gasteiger charge is -2.16. The van der Waals surface area contributed by atoms with Crippen molar-refractivity contribution in [3.05, 3.63) is 0 Å². The standard InChI is InChI=1S/C21H43NO/c1-4-6-8-9-10-11-12-13-14-15-16-17-18-19-21(23)22(3)20-7-5-2/h4-20H2,1-3H3. The predicted octanol–water partition coefficient (Wildman–Crippen LogP) is 6.73. The van der Waals surface area contributed by atoms with Crippen LogP contribution in [0.5, 0.6) is 0 Å². The number of hydrogen-bond acceptors (Lipinski definition) is 1. The fourth-order valence-electron chi connectivity index (χ4n) is 3.00. The highest BCUT2D eigenvalue weighted by Crippen LogP contribution is 2.13. The molecule has 138 valence electrons. The van der Waals surface area contributed by atoms with Gasteiger partial charge in [-0.2, -0.15) is 0 Å². The molecule has 0 N–H and O–H groups in total. The predicted molar refractivity (Wildman–Crippen MR) is 103 cm³/mol.